The van der Waals surface area contributed by atoms with E-state index in [0.717, 1.165) is 11.3 Å². The van der Waals surface area contributed by atoms with Gasteiger partial charge in [-0.2, -0.15) is 0 Å². The number of pyridine rings is 1. The van der Waals surface area contributed by atoms with Crippen LogP contribution in [-0.2, 0) is 6.54 Å². The molecule has 0 aliphatic heterocycles. The smallest absolute Gasteiger partial charge is 0.123 e. The SMILES string of the molecule is CN(Cc1ccnc(C(N)=S)c1)c1ccc(F)cc1. The maximum absolute atomic E-state index is 12.9. The summed E-state index contributed by atoms with van der Waals surface area (Å²) in [7, 11) is 1.94. The molecule has 1 heterocycles. The first-order valence-electron chi connectivity index (χ1n) is 5.77. The Balaban J connectivity index is 2.14. The first-order chi connectivity index (χ1) is 9.06. The maximum Gasteiger partial charge on any atom is 0.123 e. The Kier molecular flexibility index (Phi) is 4.06. The van der Waals surface area contributed by atoms with Gasteiger partial charge in [-0.1, -0.05) is 12.2 Å². The lowest BCUT2D eigenvalue weighted by Gasteiger charge is -2.19. The second-order valence-corrected chi connectivity index (χ2v) is 4.69. The van der Waals surface area contributed by atoms with E-state index in [1.807, 2.05) is 24.1 Å². The quantitative estimate of drug-likeness (QED) is 0.871. The molecule has 0 aliphatic rings. The standard InChI is InChI=1S/C14H14FN3S/c1-18(12-4-2-11(15)3-5-12)9-10-6-7-17-13(8-10)14(16)19/h2-8H,9H2,1H3,(H2,16,19). The van der Waals surface area contributed by atoms with Crippen LogP contribution in [-0.4, -0.2) is 17.0 Å². The zero-order valence-electron chi connectivity index (χ0n) is 10.5. The van der Waals surface area contributed by atoms with Gasteiger partial charge in [-0.15, -0.1) is 0 Å². The molecule has 0 atom stereocenters. The molecule has 2 rings (SSSR count). The fraction of sp³-hybridized carbons (Fsp3) is 0.143. The molecule has 2 aromatic rings. The van der Waals surface area contributed by atoms with E-state index in [1.165, 1.54) is 12.1 Å². The summed E-state index contributed by atoms with van der Waals surface area (Å²) < 4.78 is 12.9. The minimum atomic E-state index is -0.239. The molecule has 0 saturated carbocycles. The van der Waals surface area contributed by atoms with Crippen molar-refractivity contribution in [2.75, 3.05) is 11.9 Å². The molecule has 0 bridgehead atoms. The number of halogens is 1. The molecular weight excluding hydrogens is 261 g/mol. The Morgan fingerprint density at radius 3 is 2.63 bits per heavy atom. The van der Waals surface area contributed by atoms with Crippen LogP contribution >= 0.6 is 12.2 Å². The monoisotopic (exact) mass is 275 g/mol. The van der Waals surface area contributed by atoms with E-state index in [0.29, 0.717) is 12.2 Å². The summed E-state index contributed by atoms with van der Waals surface area (Å²) in [5.74, 6) is -0.239. The lowest BCUT2D eigenvalue weighted by molar-refractivity contribution is 0.627. The fourth-order valence-electron chi connectivity index (χ4n) is 1.77. The van der Waals surface area contributed by atoms with E-state index in [-0.39, 0.29) is 10.8 Å². The normalized spacial score (nSPS) is 10.2. The summed E-state index contributed by atoms with van der Waals surface area (Å²) in [6.45, 7) is 0.670. The minimum Gasteiger partial charge on any atom is -0.388 e. The van der Waals surface area contributed by atoms with Crippen LogP contribution in [0, 0.1) is 5.82 Å². The van der Waals surface area contributed by atoms with Crippen molar-refractivity contribution in [3.8, 4) is 0 Å². The van der Waals surface area contributed by atoms with Crippen molar-refractivity contribution in [3.63, 3.8) is 0 Å². The molecule has 0 fully saturated rings. The van der Waals surface area contributed by atoms with E-state index < -0.39 is 0 Å². The van der Waals surface area contributed by atoms with Crippen LogP contribution in [0.1, 0.15) is 11.3 Å². The molecule has 2 N–H and O–H groups in total. The van der Waals surface area contributed by atoms with E-state index in [2.05, 4.69) is 4.98 Å². The third-order valence-electron chi connectivity index (χ3n) is 2.76. The Morgan fingerprint density at radius 1 is 1.32 bits per heavy atom. The molecular formula is C14H14FN3S. The number of anilines is 1. The van der Waals surface area contributed by atoms with Gasteiger partial charge < -0.3 is 10.6 Å². The molecule has 0 unspecified atom stereocenters. The lowest BCUT2D eigenvalue weighted by Crippen LogP contribution is -2.17. The molecule has 1 aromatic heterocycles. The summed E-state index contributed by atoms with van der Waals surface area (Å²) in [4.78, 5) is 6.39. The molecule has 3 nitrogen and oxygen atoms in total. The Bertz CT molecular complexity index is 583. The number of aromatic nitrogens is 1. The molecule has 0 spiro atoms. The lowest BCUT2D eigenvalue weighted by atomic mass is 10.2. The van der Waals surface area contributed by atoms with Gasteiger partial charge in [0, 0.05) is 25.5 Å². The second kappa shape index (κ2) is 5.75. The van der Waals surface area contributed by atoms with Gasteiger partial charge in [0.15, 0.2) is 0 Å². The highest BCUT2D eigenvalue weighted by atomic mass is 32.1. The number of benzene rings is 1. The van der Waals surface area contributed by atoms with Crippen molar-refractivity contribution in [1.29, 1.82) is 0 Å². The van der Waals surface area contributed by atoms with Crippen LogP contribution in [0.3, 0.4) is 0 Å². The summed E-state index contributed by atoms with van der Waals surface area (Å²) in [5.41, 5.74) is 8.15. The van der Waals surface area contributed by atoms with E-state index >= 15 is 0 Å². The molecule has 1 aromatic carbocycles. The molecule has 5 heteroatoms. The zero-order chi connectivity index (χ0) is 13.8. The highest BCUT2D eigenvalue weighted by molar-refractivity contribution is 7.80. The van der Waals surface area contributed by atoms with Gasteiger partial charge in [0.2, 0.25) is 0 Å². The fourth-order valence-corrected chi connectivity index (χ4v) is 1.88. The largest absolute Gasteiger partial charge is 0.388 e. The summed E-state index contributed by atoms with van der Waals surface area (Å²) in [5, 5.41) is 0. The minimum absolute atomic E-state index is 0.239. The molecule has 19 heavy (non-hydrogen) atoms. The number of nitrogens with zero attached hydrogens (tertiary/aromatic N) is 2. The summed E-state index contributed by atoms with van der Waals surface area (Å²) in [6.07, 6.45) is 1.68. The molecule has 0 amide bonds. The molecule has 0 aliphatic carbocycles. The number of hydrogen-bond acceptors (Lipinski definition) is 3. The Hall–Kier alpha value is -2.01. The Morgan fingerprint density at radius 2 is 2.00 bits per heavy atom. The average molecular weight is 275 g/mol. The third kappa shape index (κ3) is 3.48. The number of thiocarbonyl (C=S) groups is 1. The van der Waals surface area contributed by atoms with Crippen molar-refractivity contribution < 1.29 is 4.39 Å². The van der Waals surface area contributed by atoms with Crippen LogP contribution < -0.4 is 10.6 Å². The topological polar surface area (TPSA) is 42.2 Å². The van der Waals surface area contributed by atoms with Gasteiger partial charge in [0.05, 0.1) is 5.69 Å². The van der Waals surface area contributed by atoms with Crippen molar-refractivity contribution in [2.24, 2.45) is 5.73 Å². The van der Waals surface area contributed by atoms with E-state index in [1.54, 1.807) is 18.3 Å². The van der Waals surface area contributed by atoms with Crippen LogP contribution in [0.15, 0.2) is 42.6 Å². The van der Waals surface area contributed by atoms with Crippen LogP contribution in [0.25, 0.3) is 0 Å². The molecule has 98 valence electrons. The van der Waals surface area contributed by atoms with Crippen molar-refractivity contribution in [3.05, 3.63) is 59.7 Å². The van der Waals surface area contributed by atoms with Gasteiger partial charge in [-0.25, -0.2) is 4.39 Å². The second-order valence-electron chi connectivity index (χ2n) is 4.25. The van der Waals surface area contributed by atoms with Crippen LogP contribution in [0.5, 0.6) is 0 Å². The number of hydrogen-bond donors (Lipinski definition) is 1. The van der Waals surface area contributed by atoms with Gasteiger partial charge in [0.1, 0.15) is 10.8 Å². The Labute approximate surface area is 116 Å². The third-order valence-corrected chi connectivity index (χ3v) is 2.97. The number of nitrogens with two attached hydrogens (primary N) is 1. The van der Waals surface area contributed by atoms with Gasteiger partial charge in [0.25, 0.3) is 0 Å². The predicted molar refractivity (Wildman–Crippen MR) is 78.6 cm³/mol. The first kappa shape index (κ1) is 13.4. The van der Waals surface area contributed by atoms with Crippen molar-refractivity contribution >= 4 is 22.9 Å². The van der Waals surface area contributed by atoms with E-state index in [4.69, 9.17) is 18.0 Å². The first-order valence-corrected chi connectivity index (χ1v) is 6.18. The van der Waals surface area contributed by atoms with Crippen LogP contribution in [0.4, 0.5) is 10.1 Å². The van der Waals surface area contributed by atoms with E-state index in [9.17, 15) is 4.39 Å². The highest BCUT2D eigenvalue weighted by Crippen LogP contribution is 2.16. The van der Waals surface area contributed by atoms with Crippen molar-refractivity contribution in [1.82, 2.24) is 4.98 Å². The maximum atomic E-state index is 12.9. The van der Waals surface area contributed by atoms with Crippen molar-refractivity contribution in [2.45, 2.75) is 6.54 Å². The van der Waals surface area contributed by atoms with Gasteiger partial charge in [-0.05, 0) is 42.0 Å². The molecule has 0 saturated heterocycles. The zero-order valence-corrected chi connectivity index (χ0v) is 11.3. The van der Waals surface area contributed by atoms with Gasteiger partial charge in [-0.3, -0.25) is 4.98 Å². The average Bonchev–Trinajstić information content (AvgIpc) is 2.39. The highest BCUT2D eigenvalue weighted by Gasteiger charge is 2.05. The summed E-state index contributed by atoms with van der Waals surface area (Å²) in [6, 6.07) is 10.1. The predicted octanol–water partition coefficient (Wildman–Crippen LogP) is 2.49. The van der Waals surface area contributed by atoms with Gasteiger partial charge >= 0.3 is 0 Å². The summed E-state index contributed by atoms with van der Waals surface area (Å²) >= 11 is 4.90. The molecule has 0 radical (unpaired) electrons. The number of rotatable bonds is 4. The van der Waals surface area contributed by atoms with Crippen LogP contribution in [0.2, 0.25) is 0 Å².